The van der Waals surface area contributed by atoms with Crippen molar-refractivity contribution >= 4 is 29.0 Å². The van der Waals surface area contributed by atoms with Crippen molar-refractivity contribution in [2.45, 2.75) is 11.5 Å². The molecule has 6 heteroatoms. The average Bonchev–Trinajstić information content (AvgIpc) is 2.89. The van der Waals surface area contributed by atoms with Gasteiger partial charge in [0.05, 0.1) is 25.0 Å². The minimum absolute atomic E-state index is 0.00583. The van der Waals surface area contributed by atoms with E-state index in [1.807, 2.05) is 17.5 Å². The molecule has 1 aromatic heterocycles. The second kappa shape index (κ2) is 5.18. The molecule has 0 bridgehead atoms. The van der Waals surface area contributed by atoms with Crippen LogP contribution in [-0.4, -0.2) is 46.0 Å². The second-order valence-electron chi connectivity index (χ2n) is 3.56. The Morgan fingerprint density at radius 3 is 3.06 bits per heavy atom. The Labute approximate surface area is 102 Å². The average molecular weight is 259 g/mol. The zero-order valence-electron chi connectivity index (χ0n) is 8.57. The first-order valence-corrected chi connectivity index (χ1v) is 6.88. The molecule has 1 saturated heterocycles. The van der Waals surface area contributed by atoms with Crippen LogP contribution in [-0.2, 0) is 4.79 Å². The number of carbonyl (C=O) groups excluding carboxylic acids is 1. The van der Waals surface area contributed by atoms with Crippen LogP contribution in [0.4, 0.5) is 0 Å². The van der Waals surface area contributed by atoms with E-state index in [2.05, 4.69) is 0 Å². The summed E-state index contributed by atoms with van der Waals surface area (Å²) in [6.45, 7) is -0.115. The van der Waals surface area contributed by atoms with Gasteiger partial charge in [-0.15, -0.1) is 23.1 Å². The topological polar surface area (TPSA) is 60.8 Å². The summed E-state index contributed by atoms with van der Waals surface area (Å²) in [4.78, 5) is 14.4. The van der Waals surface area contributed by atoms with Crippen LogP contribution in [0.3, 0.4) is 0 Å². The fourth-order valence-corrected chi connectivity index (χ4v) is 3.78. The van der Waals surface area contributed by atoms with E-state index in [9.17, 15) is 9.90 Å². The Hall–Kier alpha value is -0.560. The molecular weight excluding hydrogens is 246 g/mol. The molecule has 2 heterocycles. The van der Waals surface area contributed by atoms with Crippen LogP contribution >= 0.6 is 23.1 Å². The largest absolute Gasteiger partial charge is 0.394 e. The molecule has 0 radical (unpaired) electrons. The first-order valence-electron chi connectivity index (χ1n) is 4.95. The van der Waals surface area contributed by atoms with Gasteiger partial charge in [0.15, 0.2) is 0 Å². The summed E-state index contributed by atoms with van der Waals surface area (Å²) in [5.74, 6) is 0.469. The van der Waals surface area contributed by atoms with Gasteiger partial charge >= 0.3 is 0 Å². The van der Waals surface area contributed by atoms with Crippen molar-refractivity contribution in [3.8, 4) is 0 Å². The van der Waals surface area contributed by atoms with Crippen molar-refractivity contribution in [2.75, 3.05) is 18.9 Å². The molecule has 1 amide bonds. The number of rotatable bonds is 4. The second-order valence-corrected chi connectivity index (χ2v) is 5.61. The maximum Gasteiger partial charge on any atom is 0.233 e. The lowest BCUT2D eigenvalue weighted by atomic mass is 10.3. The van der Waals surface area contributed by atoms with E-state index >= 15 is 0 Å². The molecule has 0 aliphatic carbocycles. The van der Waals surface area contributed by atoms with Gasteiger partial charge in [0, 0.05) is 4.88 Å². The van der Waals surface area contributed by atoms with Gasteiger partial charge in [0.2, 0.25) is 5.91 Å². The summed E-state index contributed by atoms with van der Waals surface area (Å²) < 4.78 is 0. The molecule has 88 valence electrons. The van der Waals surface area contributed by atoms with Crippen molar-refractivity contribution < 1.29 is 15.0 Å². The Morgan fingerprint density at radius 2 is 2.44 bits per heavy atom. The lowest BCUT2D eigenvalue weighted by Crippen LogP contribution is -2.36. The fraction of sp³-hybridized carbons (Fsp3) is 0.500. The van der Waals surface area contributed by atoms with Crippen molar-refractivity contribution in [3.63, 3.8) is 0 Å². The summed E-state index contributed by atoms with van der Waals surface area (Å²) in [7, 11) is 0. The molecule has 1 aliphatic heterocycles. The molecular formula is C10H13NO3S2. The van der Waals surface area contributed by atoms with Gasteiger partial charge in [-0.05, 0) is 11.4 Å². The van der Waals surface area contributed by atoms with Gasteiger partial charge in [-0.1, -0.05) is 6.07 Å². The normalized spacial score (nSPS) is 22.8. The smallest absolute Gasteiger partial charge is 0.233 e. The van der Waals surface area contributed by atoms with E-state index in [0.29, 0.717) is 5.75 Å². The van der Waals surface area contributed by atoms with Crippen LogP contribution < -0.4 is 0 Å². The highest BCUT2D eigenvalue weighted by Crippen LogP contribution is 2.40. The zero-order chi connectivity index (χ0) is 11.5. The first-order chi connectivity index (χ1) is 7.72. The predicted molar refractivity (Wildman–Crippen MR) is 64.3 cm³/mol. The third-order valence-corrected chi connectivity index (χ3v) is 4.68. The minimum atomic E-state index is -0.856. The molecule has 1 fully saturated rings. The maximum absolute atomic E-state index is 11.6. The lowest BCUT2D eigenvalue weighted by molar-refractivity contribution is -0.129. The number of aliphatic hydroxyl groups is 2. The molecule has 2 unspecified atom stereocenters. The summed E-state index contributed by atoms with van der Waals surface area (Å²) in [6.07, 6.45) is -0.856. The molecule has 0 spiro atoms. The van der Waals surface area contributed by atoms with Crippen molar-refractivity contribution in [2.24, 2.45) is 0 Å². The van der Waals surface area contributed by atoms with Gasteiger partial charge in [0.25, 0.3) is 0 Å². The van der Waals surface area contributed by atoms with Crippen LogP contribution in [0.5, 0.6) is 0 Å². The number of nitrogens with zero attached hydrogens (tertiary/aromatic N) is 1. The molecule has 2 rings (SSSR count). The van der Waals surface area contributed by atoms with Gasteiger partial charge in [0.1, 0.15) is 5.37 Å². The molecule has 0 saturated carbocycles. The number of carbonyl (C=O) groups is 1. The van der Waals surface area contributed by atoms with Crippen LogP contribution in [0.15, 0.2) is 17.5 Å². The molecule has 1 aliphatic rings. The maximum atomic E-state index is 11.6. The third-order valence-electron chi connectivity index (χ3n) is 2.37. The molecule has 2 atom stereocenters. The Morgan fingerprint density at radius 1 is 1.62 bits per heavy atom. The van der Waals surface area contributed by atoms with Crippen molar-refractivity contribution in [1.29, 1.82) is 0 Å². The predicted octanol–water partition coefficient (Wildman–Crippen LogP) is 0.675. The third kappa shape index (κ3) is 2.40. The molecule has 1 aromatic rings. The number of thioether (sulfide) groups is 1. The van der Waals surface area contributed by atoms with Gasteiger partial charge < -0.3 is 15.1 Å². The van der Waals surface area contributed by atoms with E-state index in [1.54, 1.807) is 28.0 Å². The molecule has 0 aromatic carbocycles. The monoisotopic (exact) mass is 259 g/mol. The number of hydrogen-bond donors (Lipinski definition) is 2. The number of thiophene rings is 1. The molecule has 16 heavy (non-hydrogen) atoms. The lowest BCUT2D eigenvalue weighted by Gasteiger charge is -2.24. The molecule has 4 nitrogen and oxygen atoms in total. The fourth-order valence-electron chi connectivity index (χ4n) is 1.60. The SMILES string of the molecule is O=C1CSC(c2cccs2)N1CC(O)CO. The zero-order valence-corrected chi connectivity index (χ0v) is 10.2. The van der Waals surface area contributed by atoms with Gasteiger partial charge in [-0.2, -0.15) is 0 Å². The Bertz CT molecular complexity index is 355. The van der Waals surface area contributed by atoms with E-state index in [-0.39, 0.29) is 24.4 Å². The number of β-amino-alcohol motifs (C(OH)–C–C–N with tert-alkyl or cyclic N) is 1. The first kappa shape index (κ1) is 11.9. The minimum Gasteiger partial charge on any atom is -0.394 e. The standard InChI is InChI=1S/C10H13NO3S2/c12-5-7(13)4-11-9(14)6-16-10(11)8-2-1-3-15-8/h1-3,7,10,12-13H,4-6H2. The summed E-state index contributed by atoms with van der Waals surface area (Å²) in [6, 6.07) is 3.93. The van der Waals surface area contributed by atoms with Crippen molar-refractivity contribution in [1.82, 2.24) is 4.90 Å². The van der Waals surface area contributed by atoms with E-state index in [4.69, 9.17) is 5.11 Å². The van der Waals surface area contributed by atoms with E-state index in [0.717, 1.165) is 4.88 Å². The van der Waals surface area contributed by atoms with E-state index in [1.165, 1.54) is 0 Å². The van der Waals surface area contributed by atoms with Crippen molar-refractivity contribution in [3.05, 3.63) is 22.4 Å². The van der Waals surface area contributed by atoms with Crippen LogP contribution in [0.25, 0.3) is 0 Å². The summed E-state index contributed by atoms with van der Waals surface area (Å²) in [5.41, 5.74) is 0. The van der Waals surface area contributed by atoms with Crippen LogP contribution in [0.1, 0.15) is 10.3 Å². The summed E-state index contributed by atoms with van der Waals surface area (Å²) in [5, 5.41) is 20.2. The molecule has 2 N–H and O–H groups in total. The number of aliphatic hydroxyl groups excluding tert-OH is 2. The van der Waals surface area contributed by atoms with Crippen LogP contribution in [0.2, 0.25) is 0 Å². The Kier molecular flexibility index (Phi) is 3.86. The number of hydrogen-bond acceptors (Lipinski definition) is 5. The highest BCUT2D eigenvalue weighted by Gasteiger charge is 2.34. The van der Waals surface area contributed by atoms with Gasteiger partial charge in [-0.3, -0.25) is 4.79 Å². The summed E-state index contributed by atoms with van der Waals surface area (Å²) >= 11 is 3.16. The highest BCUT2D eigenvalue weighted by atomic mass is 32.2. The number of amides is 1. The van der Waals surface area contributed by atoms with Gasteiger partial charge in [-0.25, -0.2) is 0 Å². The van der Waals surface area contributed by atoms with E-state index < -0.39 is 6.10 Å². The highest BCUT2D eigenvalue weighted by molar-refractivity contribution is 8.00. The van der Waals surface area contributed by atoms with Crippen LogP contribution in [0, 0.1) is 0 Å². The quantitative estimate of drug-likeness (QED) is 0.834. The Balaban J connectivity index is 2.10.